The number of nitrogens with one attached hydrogen (secondary N) is 1. The number of benzene rings is 3. The van der Waals surface area contributed by atoms with Crippen molar-refractivity contribution in [2.75, 3.05) is 0 Å². The highest BCUT2D eigenvalue weighted by Crippen LogP contribution is 2.25. The largest absolute Gasteiger partial charge is 0.241 e. The monoisotopic (exact) mass is 438 g/mol. The van der Waals surface area contributed by atoms with E-state index in [-0.39, 0.29) is 11.4 Å². The molecule has 8 heteroatoms. The van der Waals surface area contributed by atoms with Crippen molar-refractivity contribution in [2.24, 2.45) is 0 Å². The second kappa shape index (κ2) is 8.79. The molecule has 0 aliphatic rings. The van der Waals surface area contributed by atoms with Gasteiger partial charge in [0.15, 0.2) is 0 Å². The summed E-state index contributed by atoms with van der Waals surface area (Å²) in [7, 11) is -3.76. The number of hydrogen-bond acceptors (Lipinski definition) is 4. The minimum atomic E-state index is -3.76. The SMILES string of the molecule is O=S(=O)(NC(Cn1nccn1)c1ccccc1)c1ccc(-c2cccc(Cl)c2)cc1. The van der Waals surface area contributed by atoms with Crippen LogP contribution in [0.25, 0.3) is 11.1 Å². The van der Waals surface area contributed by atoms with Gasteiger partial charge in [0.05, 0.1) is 29.9 Å². The molecule has 1 atom stereocenters. The van der Waals surface area contributed by atoms with E-state index in [0.29, 0.717) is 5.02 Å². The molecule has 4 aromatic rings. The summed E-state index contributed by atoms with van der Waals surface area (Å²) in [5, 5.41) is 8.82. The molecule has 3 aromatic carbocycles. The summed E-state index contributed by atoms with van der Waals surface area (Å²) in [5.74, 6) is 0. The first kappa shape index (κ1) is 20.3. The second-order valence-corrected chi connectivity index (χ2v) is 8.85. The van der Waals surface area contributed by atoms with Crippen molar-refractivity contribution >= 4 is 21.6 Å². The zero-order chi connectivity index (χ0) is 21.0. The van der Waals surface area contributed by atoms with Crippen molar-refractivity contribution < 1.29 is 8.42 Å². The minimum Gasteiger partial charge on any atom is -0.207 e. The van der Waals surface area contributed by atoms with Gasteiger partial charge in [-0.05, 0) is 41.0 Å². The lowest BCUT2D eigenvalue weighted by atomic mass is 10.1. The molecule has 1 unspecified atom stereocenters. The summed E-state index contributed by atoms with van der Waals surface area (Å²) in [5.41, 5.74) is 2.64. The Morgan fingerprint density at radius 1 is 0.867 bits per heavy atom. The fourth-order valence-corrected chi connectivity index (χ4v) is 4.55. The van der Waals surface area contributed by atoms with Gasteiger partial charge in [-0.2, -0.15) is 15.0 Å². The summed E-state index contributed by atoms with van der Waals surface area (Å²) in [6.45, 7) is 0.275. The fourth-order valence-electron chi connectivity index (χ4n) is 3.15. The quantitative estimate of drug-likeness (QED) is 0.466. The van der Waals surface area contributed by atoms with Gasteiger partial charge in [-0.1, -0.05) is 66.2 Å². The molecule has 0 spiro atoms. The third kappa shape index (κ3) is 4.76. The molecule has 0 saturated heterocycles. The van der Waals surface area contributed by atoms with Gasteiger partial charge in [-0.25, -0.2) is 13.1 Å². The highest BCUT2D eigenvalue weighted by Gasteiger charge is 2.22. The van der Waals surface area contributed by atoms with Gasteiger partial charge in [-0.3, -0.25) is 0 Å². The van der Waals surface area contributed by atoms with Gasteiger partial charge in [0, 0.05) is 5.02 Å². The number of hydrogen-bond donors (Lipinski definition) is 1. The summed E-state index contributed by atoms with van der Waals surface area (Å²) in [6.07, 6.45) is 3.12. The van der Waals surface area contributed by atoms with E-state index >= 15 is 0 Å². The Bertz CT molecular complexity index is 1210. The van der Waals surface area contributed by atoms with E-state index < -0.39 is 16.1 Å². The van der Waals surface area contributed by atoms with Crippen LogP contribution in [0.15, 0.2) is 96.2 Å². The van der Waals surface area contributed by atoms with Crippen molar-refractivity contribution in [1.29, 1.82) is 0 Å². The lowest BCUT2D eigenvalue weighted by Gasteiger charge is -2.19. The van der Waals surface area contributed by atoms with Gasteiger partial charge in [-0.15, -0.1) is 0 Å². The normalized spacial score (nSPS) is 12.6. The Morgan fingerprint density at radius 2 is 1.57 bits per heavy atom. The van der Waals surface area contributed by atoms with Crippen molar-refractivity contribution in [1.82, 2.24) is 19.7 Å². The number of nitrogens with zero attached hydrogens (tertiary/aromatic N) is 3. The Hall–Kier alpha value is -3.00. The average molecular weight is 439 g/mol. The highest BCUT2D eigenvalue weighted by molar-refractivity contribution is 7.89. The maximum Gasteiger partial charge on any atom is 0.241 e. The van der Waals surface area contributed by atoms with Gasteiger partial charge < -0.3 is 0 Å². The molecule has 1 aromatic heterocycles. The molecule has 0 radical (unpaired) electrons. The maximum atomic E-state index is 13.1. The smallest absolute Gasteiger partial charge is 0.207 e. The zero-order valence-corrected chi connectivity index (χ0v) is 17.5. The first-order valence-corrected chi connectivity index (χ1v) is 11.1. The molecule has 0 bridgehead atoms. The minimum absolute atomic E-state index is 0.183. The Kier molecular flexibility index (Phi) is 5.94. The van der Waals surface area contributed by atoms with Crippen LogP contribution >= 0.6 is 11.6 Å². The van der Waals surface area contributed by atoms with Crippen LogP contribution in [0.4, 0.5) is 0 Å². The van der Waals surface area contributed by atoms with Gasteiger partial charge in [0.1, 0.15) is 0 Å². The number of sulfonamides is 1. The predicted molar refractivity (Wildman–Crippen MR) is 116 cm³/mol. The molecule has 6 nitrogen and oxygen atoms in total. The van der Waals surface area contributed by atoms with Gasteiger partial charge >= 0.3 is 0 Å². The van der Waals surface area contributed by atoms with Crippen LogP contribution < -0.4 is 4.72 Å². The Labute approximate surface area is 180 Å². The third-order valence-electron chi connectivity index (χ3n) is 4.63. The van der Waals surface area contributed by atoms with Crippen LogP contribution in [0.3, 0.4) is 0 Å². The van der Waals surface area contributed by atoms with Crippen molar-refractivity contribution in [2.45, 2.75) is 17.5 Å². The van der Waals surface area contributed by atoms with Crippen molar-refractivity contribution in [3.8, 4) is 11.1 Å². The van der Waals surface area contributed by atoms with E-state index in [9.17, 15) is 8.42 Å². The van der Waals surface area contributed by atoms with Gasteiger partial charge in [0.25, 0.3) is 0 Å². The van der Waals surface area contributed by atoms with E-state index in [1.165, 1.54) is 4.80 Å². The first-order valence-electron chi connectivity index (χ1n) is 9.29. The van der Waals surface area contributed by atoms with Crippen molar-refractivity contribution in [3.63, 3.8) is 0 Å². The van der Waals surface area contributed by atoms with E-state index in [2.05, 4.69) is 14.9 Å². The summed E-state index contributed by atoms with van der Waals surface area (Å²) >= 11 is 6.05. The Morgan fingerprint density at radius 3 is 2.23 bits per heavy atom. The lowest BCUT2D eigenvalue weighted by molar-refractivity contribution is 0.444. The molecule has 0 saturated carbocycles. The molecule has 0 fully saturated rings. The van der Waals surface area contributed by atoms with Crippen LogP contribution in [-0.4, -0.2) is 23.4 Å². The Balaban J connectivity index is 1.59. The molecule has 152 valence electrons. The fraction of sp³-hybridized carbons (Fsp3) is 0.0909. The summed E-state index contributed by atoms with van der Waals surface area (Å²) in [6, 6.07) is 23.0. The molecule has 0 amide bonds. The molecule has 1 heterocycles. The van der Waals surface area contributed by atoms with Crippen LogP contribution in [0.1, 0.15) is 11.6 Å². The van der Waals surface area contributed by atoms with E-state index in [1.54, 1.807) is 42.7 Å². The number of aromatic nitrogens is 3. The molecular formula is C22H19ClN4O2S. The van der Waals surface area contributed by atoms with Crippen LogP contribution in [-0.2, 0) is 16.6 Å². The molecule has 0 aliphatic heterocycles. The maximum absolute atomic E-state index is 13.1. The number of rotatable bonds is 7. The van der Waals surface area contributed by atoms with Crippen LogP contribution in [0.2, 0.25) is 5.02 Å². The van der Waals surface area contributed by atoms with E-state index in [4.69, 9.17) is 11.6 Å². The average Bonchev–Trinajstić information content (AvgIpc) is 3.27. The van der Waals surface area contributed by atoms with Gasteiger partial charge in [0.2, 0.25) is 10.0 Å². The topological polar surface area (TPSA) is 76.9 Å². The van der Waals surface area contributed by atoms with E-state index in [1.807, 2.05) is 48.5 Å². The summed E-state index contributed by atoms with van der Waals surface area (Å²) < 4.78 is 28.9. The second-order valence-electron chi connectivity index (χ2n) is 6.70. The predicted octanol–water partition coefficient (Wildman–Crippen LogP) is 4.32. The van der Waals surface area contributed by atoms with Crippen molar-refractivity contribution in [3.05, 3.63) is 102 Å². The first-order chi connectivity index (χ1) is 14.5. The third-order valence-corrected chi connectivity index (χ3v) is 6.36. The summed E-state index contributed by atoms with van der Waals surface area (Å²) in [4.78, 5) is 1.64. The molecular weight excluding hydrogens is 420 g/mol. The standard InChI is InChI=1S/C22H19ClN4O2S/c23-20-8-4-7-19(15-20)17-9-11-21(12-10-17)30(28,29)26-22(16-27-24-13-14-25-27)18-5-2-1-3-6-18/h1-15,22,26H,16H2. The molecule has 0 aliphatic carbocycles. The van der Waals surface area contributed by atoms with Crippen LogP contribution in [0.5, 0.6) is 0 Å². The van der Waals surface area contributed by atoms with E-state index in [0.717, 1.165) is 16.7 Å². The molecule has 30 heavy (non-hydrogen) atoms. The zero-order valence-electron chi connectivity index (χ0n) is 15.9. The highest BCUT2D eigenvalue weighted by atomic mass is 35.5. The molecule has 4 rings (SSSR count). The molecule has 1 N–H and O–H groups in total. The number of halogens is 1. The van der Waals surface area contributed by atoms with Crippen LogP contribution in [0, 0.1) is 0 Å². The lowest BCUT2D eigenvalue weighted by Crippen LogP contribution is -2.32.